The number of thioether (sulfide) groups is 1. The van der Waals surface area contributed by atoms with E-state index in [1.54, 1.807) is 18.7 Å². The minimum atomic E-state index is -1.08. The van der Waals surface area contributed by atoms with Gasteiger partial charge in [-0.25, -0.2) is 4.79 Å². The van der Waals surface area contributed by atoms with Crippen molar-refractivity contribution in [2.45, 2.75) is 50.3 Å². The number of hydrogen-bond acceptors (Lipinski definition) is 8. The van der Waals surface area contributed by atoms with Gasteiger partial charge >= 0.3 is 5.97 Å². The third kappa shape index (κ3) is 4.05. The molecular weight excluding hydrogens is 420 g/mol. The highest BCUT2D eigenvalue weighted by Crippen LogP contribution is 2.51. The second-order valence-corrected chi connectivity index (χ2v) is 9.71. The van der Waals surface area contributed by atoms with Crippen LogP contribution in [0, 0.1) is 11.8 Å². The number of aliphatic carboxylic acids is 1. The van der Waals surface area contributed by atoms with Gasteiger partial charge in [-0.05, 0) is 26.5 Å². The fourth-order valence-electron chi connectivity index (χ4n) is 4.71. The van der Waals surface area contributed by atoms with Crippen molar-refractivity contribution >= 4 is 29.7 Å². The Morgan fingerprint density at radius 2 is 2.32 bits per heavy atom. The first-order valence-corrected chi connectivity index (χ1v) is 11.4. The van der Waals surface area contributed by atoms with Crippen LogP contribution in [-0.4, -0.2) is 69.2 Å². The van der Waals surface area contributed by atoms with Crippen LogP contribution < -0.4 is 10.6 Å². The van der Waals surface area contributed by atoms with Crippen molar-refractivity contribution < 1.29 is 24.3 Å². The Kier molecular flexibility index (Phi) is 6.25. The number of fused-ring (bicyclic) bond motifs is 1. The lowest BCUT2D eigenvalue weighted by Gasteiger charge is -2.46. The summed E-state index contributed by atoms with van der Waals surface area (Å²) in [4.78, 5) is 26.5. The highest BCUT2D eigenvalue weighted by Gasteiger charge is 2.60. The summed E-state index contributed by atoms with van der Waals surface area (Å²) in [5.74, 6) is -1.33. The van der Waals surface area contributed by atoms with Crippen LogP contribution in [0.1, 0.15) is 31.7 Å². The highest BCUT2D eigenvalue weighted by molar-refractivity contribution is 8.03. The van der Waals surface area contributed by atoms with E-state index in [1.165, 1.54) is 4.90 Å². The predicted octanol–water partition coefficient (Wildman–Crippen LogP) is 1.02. The largest absolute Gasteiger partial charge is 0.477 e. The molecule has 0 aromatic carbocycles. The smallest absolute Gasteiger partial charge is 0.353 e. The zero-order valence-corrected chi connectivity index (χ0v) is 18.6. The van der Waals surface area contributed by atoms with Crippen LogP contribution in [0.2, 0.25) is 0 Å². The van der Waals surface area contributed by atoms with E-state index in [0.717, 1.165) is 23.6 Å². The van der Waals surface area contributed by atoms with Crippen molar-refractivity contribution in [2.24, 2.45) is 11.8 Å². The van der Waals surface area contributed by atoms with E-state index in [-0.39, 0.29) is 34.9 Å². The first kappa shape index (κ1) is 22.1. The number of rotatable bonds is 8. The summed E-state index contributed by atoms with van der Waals surface area (Å²) >= 11 is 1.54. The fourth-order valence-corrected chi connectivity index (χ4v) is 6.20. The number of nitrogens with zero attached hydrogens (tertiary/aromatic N) is 2. The molecule has 31 heavy (non-hydrogen) atoms. The average Bonchev–Trinajstić information content (AvgIpc) is 3.39. The molecule has 2 fully saturated rings. The molecule has 9 nitrogen and oxygen atoms in total. The van der Waals surface area contributed by atoms with Crippen LogP contribution in [0.5, 0.6) is 0 Å². The van der Waals surface area contributed by atoms with E-state index in [4.69, 9.17) is 4.52 Å². The maximum absolute atomic E-state index is 12.5. The third-order valence-electron chi connectivity index (χ3n) is 6.16. The molecule has 0 bridgehead atoms. The molecule has 4 heterocycles. The standard InChI is InChI=1S/C21H28N4O5S/c1-10-17-16(11(2)26)20(27)25(17)18(21(28)29)19(10)31-15-7-12(23-9-15)4-5-14-6-13(8-22-3)24-30-14/h4-6,10-12,15-17,22-23,26H,7-9H2,1-3H3,(H,28,29)/b5-4+/t10-,11-,12-,15+,16-,17-/m1/s1. The molecule has 0 saturated carbocycles. The van der Waals surface area contributed by atoms with Gasteiger partial charge in [0.05, 0.1) is 23.8 Å². The predicted molar refractivity (Wildman–Crippen MR) is 116 cm³/mol. The number of hydrogen-bond donors (Lipinski definition) is 4. The van der Waals surface area contributed by atoms with Gasteiger partial charge in [-0.3, -0.25) is 4.79 Å². The Morgan fingerprint density at radius 3 is 3.00 bits per heavy atom. The zero-order valence-electron chi connectivity index (χ0n) is 17.7. The number of carboxylic acid groups (broad SMARTS) is 1. The molecule has 6 atom stereocenters. The molecule has 4 rings (SSSR count). The van der Waals surface area contributed by atoms with Gasteiger partial charge in [-0.1, -0.05) is 18.2 Å². The number of amides is 1. The minimum Gasteiger partial charge on any atom is -0.477 e. The Bertz CT molecular complexity index is 927. The fraction of sp³-hybridized carbons (Fsp3) is 0.571. The molecule has 0 spiro atoms. The summed E-state index contributed by atoms with van der Waals surface area (Å²) in [5, 5.41) is 30.4. The van der Waals surface area contributed by atoms with Crippen LogP contribution in [0.25, 0.3) is 6.08 Å². The summed E-state index contributed by atoms with van der Waals surface area (Å²) < 4.78 is 5.30. The van der Waals surface area contributed by atoms with Crippen LogP contribution >= 0.6 is 11.8 Å². The van der Waals surface area contributed by atoms with E-state index < -0.39 is 18.0 Å². The van der Waals surface area contributed by atoms with Crippen LogP contribution in [0.15, 0.2) is 27.3 Å². The van der Waals surface area contributed by atoms with E-state index in [1.807, 2.05) is 32.2 Å². The Balaban J connectivity index is 1.41. The number of aliphatic hydroxyl groups is 1. The first-order valence-electron chi connectivity index (χ1n) is 10.5. The van der Waals surface area contributed by atoms with Crippen molar-refractivity contribution in [2.75, 3.05) is 13.6 Å². The molecule has 2 saturated heterocycles. The number of carboxylic acids is 1. The van der Waals surface area contributed by atoms with Crippen molar-refractivity contribution in [3.05, 3.63) is 34.2 Å². The lowest BCUT2D eigenvalue weighted by molar-refractivity contribution is -0.163. The summed E-state index contributed by atoms with van der Waals surface area (Å²) in [7, 11) is 1.85. The zero-order chi connectivity index (χ0) is 22.3. The molecule has 3 aliphatic heterocycles. The maximum atomic E-state index is 12.5. The monoisotopic (exact) mass is 448 g/mol. The molecule has 0 radical (unpaired) electrons. The number of carbonyl (C=O) groups is 2. The van der Waals surface area contributed by atoms with Crippen LogP contribution in [0.3, 0.4) is 0 Å². The van der Waals surface area contributed by atoms with Crippen LogP contribution in [-0.2, 0) is 16.1 Å². The Labute approximate surface area is 184 Å². The average molecular weight is 449 g/mol. The quantitative estimate of drug-likeness (QED) is 0.431. The number of carbonyl (C=O) groups excluding carboxylic acids is 1. The number of β-lactam (4-membered cyclic amide) rings is 1. The molecule has 1 aromatic rings. The molecule has 10 heteroatoms. The molecule has 168 valence electrons. The molecule has 4 N–H and O–H groups in total. The highest BCUT2D eigenvalue weighted by atomic mass is 32.2. The third-order valence-corrected chi connectivity index (χ3v) is 7.67. The lowest BCUT2D eigenvalue weighted by atomic mass is 9.79. The van der Waals surface area contributed by atoms with Crippen LogP contribution in [0.4, 0.5) is 0 Å². The Morgan fingerprint density at radius 1 is 1.55 bits per heavy atom. The Hall–Kier alpha value is -2.14. The minimum absolute atomic E-state index is 0.0853. The molecular formula is C21H28N4O5S. The lowest BCUT2D eigenvalue weighted by Crippen LogP contribution is -2.63. The first-order chi connectivity index (χ1) is 14.8. The van der Waals surface area contributed by atoms with Gasteiger partial charge in [0.15, 0.2) is 5.76 Å². The molecule has 1 aromatic heterocycles. The van der Waals surface area contributed by atoms with Gasteiger partial charge in [0.1, 0.15) is 5.70 Å². The number of nitrogens with one attached hydrogen (secondary N) is 2. The maximum Gasteiger partial charge on any atom is 0.353 e. The summed E-state index contributed by atoms with van der Waals surface area (Å²) in [6.45, 7) is 4.92. The SMILES string of the molecule is CNCc1cc(/C=C/[C@@H]2C[C@H](SC3=C(C(=O)O)N4C(=O)[C@H]([C@@H](C)O)[C@H]4[C@H]3C)CN2)on1. The van der Waals surface area contributed by atoms with Gasteiger partial charge in [-0.15, -0.1) is 11.8 Å². The number of aliphatic hydroxyl groups excluding tert-OH is 1. The summed E-state index contributed by atoms with van der Waals surface area (Å²) in [5.41, 5.74) is 0.926. The normalized spacial score (nSPS) is 31.4. The topological polar surface area (TPSA) is 128 Å². The summed E-state index contributed by atoms with van der Waals surface area (Å²) in [6, 6.07) is 1.76. The molecule has 3 aliphatic rings. The van der Waals surface area contributed by atoms with Crippen molar-refractivity contribution in [3.63, 3.8) is 0 Å². The van der Waals surface area contributed by atoms with Gasteiger partial charge < -0.3 is 30.3 Å². The van der Waals surface area contributed by atoms with Gasteiger partial charge in [0, 0.05) is 41.3 Å². The summed E-state index contributed by atoms with van der Waals surface area (Å²) in [6.07, 6.45) is 3.98. The van der Waals surface area contributed by atoms with E-state index >= 15 is 0 Å². The van der Waals surface area contributed by atoms with Crippen molar-refractivity contribution in [1.82, 2.24) is 20.7 Å². The molecule has 0 aliphatic carbocycles. The van der Waals surface area contributed by atoms with Gasteiger partial charge in [-0.2, -0.15) is 0 Å². The van der Waals surface area contributed by atoms with Crippen molar-refractivity contribution in [1.29, 1.82) is 0 Å². The van der Waals surface area contributed by atoms with Gasteiger partial charge in [0.2, 0.25) is 5.91 Å². The number of aromatic nitrogens is 1. The molecule has 1 amide bonds. The van der Waals surface area contributed by atoms with Crippen molar-refractivity contribution in [3.8, 4) is 0 Å². The van der Waals surface area contributed by atoms with E-state index in [2.05, 4.69) is 15.8 Å². The molecule has 0 unspecified atom stereocenters. The van der Waals surface area contributed by atoms with E-state index in [9.17, 15) is 19.8 Å². The van der Waals surface area contributed by atoms with E-state index in [0.29, 0.717) is 12.3 Å². The second-order valence-electron chi connectivity index (χ2n) is 8.37. The van der Waals surface area contributed by atoms with Gasteiger partial charge in [0.25, 0.3) is 0 Å². The second kappa shape index (κ2) is 8.78.